The van der Waals surface area contributed by atoms with E-state index in [0.29, 0.717) is 6.42 Å². The second-order valence-electron chi connectivity index (χ2n) is 12.5. The molecule has 3 fully saturated rings. The number of halogens is 1. The number of benzene rings is 1. The van der Waals surface area contributed by atoms with Crippen LogP contribution in [0.3, 0.4) is 0 Å². The van der Waals surface area contributed by atoms with Gasteiger partial charge in [0.2, 0.25) is 0 Å². The van der Waals surface area contributed by atoms with Crippen molar-refractivity contribution in [1.82, 2.24) is 0 Å². The van der Waals surface area contributed by atoms with Crippen molar-refractivity contribution in [2.75, 3.05) is 6.67 Å². The highest BCUT2D eigenvalue weighted by atomic mass is 19.1. The average molecular weight is 469 g/mol. The third-order valence-corrected chi connectivity index (χ3v) is 10.3. The minimum atomic E-state index is -0.244. The molecule has 3 aliphatic rings. The lowest BCUT2D eigenvalue weighted by atomic mass is 9.67. The van der Waals surface area contributed by atoms with Crippen LogP contribution in [0.4, 0.5) is 4.39 Å². The second-order valence-corrected chi connectivity index (χ2v) is 12.5. The van der Waals surface area contributed by atoms with Gasteiger partial charge in [0.1, 0.15) is 0 Å². The SMILES string of the molecule is CCCCCC1CCC(C2CCC(CCC3CCC(c4ccc(CCF)cc4)CC3)CC2)CC1. The van der Waals surface area contributed by atoms with Crippen LogP contribution in [0.25, 0.3) is 0 Å². The molecule has 0 amide bonds. The van der Waals surface area contributed by atoms with Gasteiger partial charge in [-0.2, -0.15) is 0 Å². The maximum atomic E-state index is 12.5. The Balaban J connectivity index is 1.08. The van der Waals surface area contributed by atoms with E-state index in [-0.39, 0.29) is 6.67 Å². The zero-order chi connectivity index (χ0) is 23.6. The van der Waals surface area contributed by atoms with Crippen molar-refractivity contribution in [2.45, 2.75) is 135 Å². The summed E-state index contributed by atoms with van der Waals surface area (Å²) in [5.74, 6) is 5.96. The van der Waals surface area contributed by atoms with Crippen molar-refractivity contribution in [3.63, 3.8) is 0 Å². The van der Waals surface area contributed by atoms with E-state index >= 15 is 0 Å². The van der Waals surface area contributed by atoms with Crippen LogP contribution >= 0.6 is 0 Å². The molecule has 34 heavy (non-hydrogen) atoms. The van der Waals surface area contributed by atoms with Crippen molar-refractivity contribution < 1.29 is 4.39 Å². The highest BCUT2D eigenvalue weighted by Gasteiger charge is 2.31. The van der Waals surface area contributed by atoms with Gasteiger partial charge in [-0.05, 0) is 98.0 Å². The fourth-order valence-electron chi connectivity index (χ4n) is 7.90. The first kappa shape index (κ1) is 26.2. The molecule has 0 aliphatic heterocycles. The van der Waals surface area contributed by atoms with E-state index in [9.17, 15) is 4.39 Å². The first-order valence-corrected chi connectivity index (χ1v) is 15.4. The maximum Gasteiger partial charge on any atom is 0.0934 e. The summed E-state index contributed by atoms with van der Waals surface area (Å²) in [7, 11) is 0. The lowest BCUT2D eigenvalue weighted by Gasteiger charge is -2.38. The Kier molecular flexibility index (Phi) is 10.8. The Hall–Kier alpha value is -0.850. The lowest BCUT2D eigenvalue weighted by Crippen LogP contribution is -2.26. The van der Waals surface area contributed by atoms with Gasteiger partial charge in [0, 0.05) is 6.42 Å². The van der Waals surface area contributed by atoms with Gasteiger partial charge in [-0.15, -0.1) is 0 Å². The Morgan fingerprint density at radius 1 is 0.618 bits per heavy atom. The fourth-order valence-corrected chi connectivity index (χ4v) is 7.90. The van der Waals surface area contributed by atoms with E-state index in [0.717, 1.165) is 41.1 Å². The molecular weight excluding hydrogens is 415 g/mol. The predicted molar refractivity (Wildman–Crippen MR) is 145 cm³/mol. The number of hydrogen-bond donors (Lipinski definition) is 0. The lowest BCUT2D eigenvalue weighted by molar-refractivity contribution is 0.136. The second kappa shape index (κ2) is 14.0. The third kappa shape index (κ3) is 7.83. The van der Waals surface area contributed by atoms with Gasteiger partial charge in [0.25, 0.3) is 0 Å². The van der Waals surface area contributed by atoms with E-state index in [1.165, 1.54) is 82.6 Å². The smallest absolute Gasteiger partial charge is 0.0934 e. The highest BCUT2D eigenvalue weighted by molar-refractivity contribution is 5.26. The first-order valence-electron chi connectivity index (χ1n) is 15.4. The van der Waals surface area contributed by atoms with Crippen molar-refractivity contribution >= 4 is 0 Å². The summed E-state index contributed by atoms with van der Waals surface area (Å²) >= 11 is 0. The summed E-state index contributed by atoms with van der Waals surface area (Å²) < 4.78 is 12.5. The summed E-state index contributed by atoms with van der Waals surface area (Å²) in [4.78, 5) is 0. The molecule has 0 heterocycles. The molecule has 0 N–H and O–H groups in total. The Labute approximate surface area is 210 Å². The van der Waals surface area contributed by atoms with Crippen LogP contribution in [0, 0.1) is 29.6 Å². The zero-order valence-corrected chi connectivity index (χ0v) is 22.3. The fraction of sp³-hybridized carbons (Fsp3) is 0.818. The van der Waals surface area contributed by atoms with Crippen molar-refractivity contribution in [3.8, 4) is 0 Å². The van der Waals surface area contributed by atoms with Gasteiger partial charge in [-0.1, -0.05) is 95.4 Å². The van der Waals surface area contributed by atoms with E-state index in [2.05, 4.69) is 31.2 Å². The van der Waals surface area contributed by atoms with Crippen LogP contribution in [-0.4, -0.2) is 6.67 Å². The van der Waals surface area contributed by atoms with E-state index in [1.54, 1.807) is 38.5 Å². The standard InChI is InChI=1S/C33H53F/c1-2-3-4-5-26-8-16-30(17-9-26)31-18-10-27(11-19-31)6-7-28-12-20-32(21-13-28)33-22-14-29(15-23-33)24-25-34/h14-15,22-23,26-28,30-32H,2-13,16-21,24-25H2,1H3. The molecule has 1 aromatic rings. The van der Waals surface area contributed by atoms with Gasteiger partial charge in [0.05, 0.1) is 6.67 Å². The average Bonchev–Trinajstić information content (AvgIpc) is 2.89. The third-order valence-electron chi connectivity index (χ3n) is 10.3. The Bertz CT molecular complexity index is 654. The van der Waals surface area contributed by atoms with Gasteiger partial charge in [-0.3, -0.25) is 4.39 Å². The molecule has 3 aliphatic carbocycles. The molecule has 0 spiro atoms. The first-order chi connectivity index (χ1) is 16.7. The van der Waals surface area contributed by atoms with Crippen LogP contribution in [0.5, 0.6) is 0 Å². The Morgan fingerprint density at radius 2 is 1.12 bits per heavy atom. The molecule has 0 nitrogen and oxygen atoms in total. The van der Waals surface area contributed by atoms with Gasteiger partial charge in [0.15, 0.2) is 0 Å². The predicted octanol–water partition coefficient (Wildman–Crippen LogP) is 10.4. The molecule has 0 saturated heterocycles. The molecule has 3 saturated carbocycles. The molecule has 0 radical (unpaired) electrons. The van der Waals surface area contributed by atoms with Crippen LogP contribution in [0.1, 0.15) is 140 Å². The molecule has 4 rings (SSSR count). The monoisotopic (exact) mass is 468 g/mol. The molecular formula is C33H53F. The maximum absolute atomic E-state index is 12.5. The highest BCUT2D eigenvalue weighted by Crippen LogP contribution is 2.44. The van der Waals surface area contributed by atoms with Crippen LogP contribution in [0.2, 0.25) is 0 Å². The molecule has 0 aromatic heterocycles. The normalized spacial score (nSPS) is 32.5. The van der Waals surface area contributed by atoms with Gasteiger partial charge >= 0.3 is 0 Å². The van der Waals surface area contributed by atoms with E-state index in [4.69, 9.17) is 0 Å². The number of hydrogen-bond acceptors (Lipinski definition) is 0. The molecule has 0 atom stereocenters. The summed E-state index contributed by atoms with van der Waals surface area (Å²) in [6, 6.07) is 8.84. The van der Waals surface area contributed by atoms with Crippen molar-refractivity contribution in [2.24, 2.45) is 29.6 Å². The van der Waals surface area contributed by atoms with Crippen LogP contribution in [0.15, 0.2) is 24.3 Å². The number of unbranched alkanes of at least 4 members (excludes halogenated alkanes) is 2. The molecule has 0 unspecified atom stereocenters. The number of aryl methyl sites for hydroxylation is 1. The minimum Gasteiger partial charge on any atom is -0.251 e. The van der Waals surface area contributed by atoms with Crippen molar-refractivity contribution in [1.29, 1.82) is 0 Å². The summed E-state index contributed by atoms with van der Waals surface area (Å²) in [5.41, 5.74) is 2.64. The summed E-state index contributed by atoms with van der Waals surface area (Å²) in [6.07, 6.45) is 27.3. The van der Waals surface area contributed by atoms with Crippen LogP contribution in [-0.2, 0) is 6.42 Å². The quantitative estimate of drug-likeness (QED) is 0.283. The van der Waals surface area contributed by atoms with Crippen LogP contribution < -0.4 is 0 Å². The molecule has 1 aromatic carbocycles. The largest absolute Gasteiger partial charge is 0.251 e. The number of rotatable bonds is 11. The molecule has 192 valence electrons. The minimum absolute atomic E-state index is 0.244. The van der Waals surface area contributed by atoms with Crippen molar-refractivity contribution in [3.05, 3.63) is 35.4 Å². The zero-order valence-electron chi connectivity index (χ0n) is 22.3. The Morgan fingerprint density at radius 3 is 1.62 bits per heavy atom. The van der Waals surface area contributed by atoms with E-state index < -0.39 is 0 Å². The van der Waals surface area contributed by atoms with Gasteiger partial charge < -0.3 is 0 Å². The van der Waals surface area contributed by atoms with Gasteiger partial charge in [-0.25, -0.2) is 0 Å². The summed E-state index contributed by atoms with van der Waals surface area (Å²) in [5, 5.41) is 0. The molecule has 1 heteroatoms. The van der Waals surface area contributed by atoms with E-state index in [1.807, 2.05) is 0 Å². The topological polar surface area (TPSA) is 0 Å². The number of alkyl halides is 1. The summed E-state index contributed by atoms with van der Waals surface area (Å²) in [6.45, 7) is 2.09. The molecule has 0 bridgehead atoms.